The number of nitrogens with zero attached hydrogens (tertiary/aromatic N) is 1. The van der Waals surface area contributed by atoms with Crippen molar-refractivity contribution in [2.45, 2.75) is 26.2 Å². The molecule has 1 rings (SSSR count). The van der Waals surface area contributed by atoms with Crippen LogP contribution in [-0.2, 0) is 0 Å². The maximum Gasteiger partial charge on any atom is 0.357 e. The fraction of sp³-hybridized carbons (Fsp3) is 0.444. The number of H-pyrrole nitrogens is 1. The van der Waals surface area contributed by atoms with Crippen LogP contribution in [0.5, 0.6) is 0 Å². The highest BCUT2D eigenvalue weighted by molar-refractivity contribution is 5.98. The lowest BCUT2D eigenvalue weighted by atomic mass is 10.1. The Morgan fingerprint density at radius 1 is 1.40 bits per heavy atom. The van der Waals surface area contributed by atoms with Gasteiger partial charge < -0.3 is 15.2 Å². The van der Waals surface area contributed by atoms with E-state index in [4.69, 9.17) is 10.2 Å². The number of aromatic nitrogens is 2. The molecule has 1 unspecified atom stereocenters. The van der Waals surface area contributed by atoms with E-state index in [0.717, 1.165) is 6.42 Å². The van der Waals surface area contributed by atoms with E-state index in [1.807, 2.05) is 13.8 Å². The van der Waals surface area contributed by atoms with Crippen molar-refractivity contribution in [3.05, 3.63) is 17.2 Å². The van der Waals surface area contributed by atoms with Crippen LogP contribution in [0.25, 0.3) is 0 Å². The number of carboxylic acids is 2. The Balaban J connectivity index is 3.21. The van der Waals surface area contributed by atoms with Crippen LogP contribution in [0.15, 0.2) is 0 Å². The van der Waals surface area contributed by atoms with Crippen molar-refractivity contribution in [2.75, 3.05) is 0 Å². The number of imidazole rings is 1. The summed E-state index contributed by atoms with van der Waals surface area (Å²) in [5.41, 5.74) is -0.796. The van der Waals surface area contributed by atoms with E-state index in [1.54, 1.807) is 0 Å². The van der Waals surface area contributed by atoms with E-state index >= 15 is 0 Å². The molecular formula is C9H12N2O4. The SMILES string of the molecule is CCC(C)c1nc(C(=O)O)c(C(=O)O)[nH]1. The zero-order valence-corrected chi connectivity index (χ0v) is 8.44. The zero-order valence-electron chi connectivity index (χ0n) is 8.44. The van der Waals surface area contributed by atoms with Gasteiger partial charge in [-0.05, 0) is 6.42 Å². The van der Waals surface area contributed by atoms with Crippen LogP contribution in [0.2, 0.25) is 0 Å². The highest BCUT2D eigenvalue weighted by Gasteiger charge is 2.23. The summed E-state index contributed by atoms with van der Waals surface area (Å²) in [7, 11) is 0. The Bertz CT molecular complexity index is 365. The highest BCUT2D eigenvalue weighted by Crippen LogP contribution is 2.17. The minimum absolute atomic E-state index is 0.0104. The van der Waals surface area contributed by atoms with Gasteiger partial charge in [0.1, 0.15) is 5.82 Å². The Kier molecular flexibility index (Phi) is 3.08. The molecule has 0 radical (unpaired) electrons. The van der Waals surface area contributed by atoms with Gasteiger partial charge in [-0.25, -0.2) is 14.6 Å². The lowest BCUT2D eigenvalue weighted by molar-refractivity contribution is 0.0644. The molecule has 0 saturated carbocycles. The van der Waals surface area contributed by atoms with Gasteiger partial charge in [0, 0.05) is 5.92 Å². The highest BCUT2D eigenvalue weighted by atomic mass is 16.4. The number of carboxylic acid groups (broad SMARTS) is 2. The topological polar surface area (TPSA) is 103 Å². The molecule has 1 atom stereocenters. The summed E-state index contributed by atoms with van der Waals surface area (Å²) in [6.07, 6.45) is 0.756. The summed E-state index contributed by atoms with van der Waals surface area (Å²) in [6.45, 7) is 3.75. The zero-order chi connectivity index (χ0) is 11.6. The lowest BCUT2D eigenvalue weighted by Crippen LogP contribution is -2.07. The first kappa shape index (κ1) is 11.2. The third-order valence-corrected chi connectivity index (χ3v) is 2.22. The number of nitrogens with one attached hydrogen (secondary N) is 1. The molecule has 6 heteroatoms. The summed E-state index contributed by atoms with van der Waals surface area (Å²) in [5, 5.41) is 17.5. The first-order chi connectivity index (χ1) is 6.97. The Morgan fingerprint density at radius 2 is 2.00 bits per heavy atom. The van der Waals surface area contributed by atoms with Gasteiger partial charge in [-0.15, -0.1) is 0 Å². The monoisotopic (exact) mass is 212 g/mol. The van der Waals surface area contributed by atoms with E-state index in [1.165, 1.54) is 0 Å². The molecule has 0 aromatic carbocycles. The minimum atomic E-state index is -1.33. The molecule has 3 N–H and O–H groups in total. The molecule has 1 aromatic rings. The molecular weight excluding hydrogens is 200 g/mol. The molecule has 0 aliphatic carbocycles. The maximum atomic E-state index is 10.7. The van der Waals surface area contributed by atoms with Crippen molar-refractivity contribution in [3.63, 3.8) is 0 Å². The molecule has 1 aromatic heterocycles. The molecule has 0 fully saturated rings. The molecule has 1 heterocycles. The van der Waals surface area contributed by atoms with Crippen LogP contribution in [0.1, 0.15) is 53.0 Å². The second kappa shape index (κ2) is 4.12. The first-order valence-electron chi connectivity index (χ1n) is 4.53. The molecule has 6 nitrogen and oxygen atoms in total. The third-order valence-electron chi connectivity index (χ3n) is 2.22. The fourth-order valence-corrected chi connectivity index (χ4v) is 1.13. The molecule has 0 aliphatic rings. The van der Waals surface area contributed by atoms with Crippen LogP contribution in [0.3, 0.4) is 0 Å². The van der Waals surface area contributed by atoms with Crippen LogP contribution >= 0.6 is 0 Å². The van der Waals surface area contributed by atoms with E-state index in [-0.39, 0.29) is 11.6 Å². The van der Waals surface area contributed by atoms with Crippen LogP contribution in [0, 0.1) is 0 Å². The number of aromatic carboxylic acids is 2. The molecule has 0 amide bonds. The molecule has 15 heavy (non-hydrogen) atoms. The summed E-state index contributed by atoms with van der Waals surface area (Å²) in [6, 6.07) is 0. The van der Waals surface area contributed by atoms with Crippen molar-refractivity contribution in [1.29, 1.82) is 0 Å². The third kappa shape index (κ3) is 2.15. The fourth-order valence-electron chi connectivity index (χ4n) is 1.13. The number of hydrogen-bond donors (Lipinski definition) is 3. The smallest absolute Gasteiger partial charge is 0.357 e. The van der Waals surface area contributed by atoms with Crippen molar-refractivity contribution in [1.82, 2.24) is 9.97 Å². The van der Waals surface area contributed by atoms with Gasteiger partial charge in [-0.3, -0.25) is 0 Å². The Morgan fingerprint density at radius 3 is 2.33 bits per heavy atom. The second-order valence-electron chi connectivity index (χ2n) is 3.27. The summed E-state index contributed by atoms with van der Waals surface area (Å²) < 4.78 is 0. The van der Waals surface area contributed by atoms with E-state index in [9.17, 15) is 9.59 Å². The van der Waals surface area contributed by atoms with Crippen molar-refractivity contribution >= 4 is 11.9 Å². The Labute approximate surface area is 86.0 Å². The standard InChI is InChI=1S/C9H12N2O4/c1-3-4(2)7-10-5(8(12)13)6(11-7)9(14)15/h4H,3H2,1-2H3,(H,10,11)(H,12,13)(H,14,15). The summed E-state index contributed by atoms with van der Waals surface area (Å²) >= 11 is 0. The molecule has 82 valence electrons. The number of rotatable bonds is 4. The van der Waals surface area contributed by atoms with E-state index in [0.29, 0.717) is 5.82 Å². The van der Waals surface area contributed by atoms with Gasteiger partial charge in [-0.2, -0.15) is 0 Å². The van der Waals surface area contributed by atoms with Crippen LogP contribution in [-0.4, -0.2) is 32.1 Å². The molecule has 0 spiro atoms. The van der Waals surface area contributed by atoms with Crippen LogP contribution < -0.4 is 0 Å². The van der Waals surface area contributed by atoms with Gasteiger partial charge in [0.25, 0.3) is 0 Å². The lowest BCUT2D eigenvalue weighted by Gasteiger charge is -2.01. The predicted octanol–water partition coefficient (Wildman–Crippen LogP) is 1.32. The summed E-state index contributed by atoms with van der Waals surface area (Å²) in [5.74, 6) is -2.24. The van der Waals surface area contributed by atoms with Gasteiger partial charge in [0.15, 0.2) is 11.4 Å². The van der Waals surface area contributed by atoms with Crippen molar-refractivity contribution in [2.24, 2.45) is 0 Å². The van der Waals surface area contributed by atoms with Gasteiger partial charge in [0.2, 0.25) is 0 Å². The van der Waals surface area contributed by atoms with Gasteiger partial charge in [-0.1, -0.05) is 13.8 Å². The normalized spacial score (nSPS) is 12.4. The maximum absolute atomic E-state index is 10.7. The molecule has 0 saturated heterocycles. The Hall–Kier alpha value is -1.85. The van der Waals surface area contributed by atoms with Crippen LogP contribution in [0.4, 0.5) is 0 Å². The number of carbonyl (C=O) groups is 2. The number of aromatic amines is 1. The second-order valence-corrected chi connectivity index (χ2v) is 3.27. The molecule has 0 bridgehead atoms. The van der Waals surface area contributed by atoms with Gasteiger partial charge in [0.05, 0.1) is 0 Å². The van der Waals surface area contributed by atoms with Crippen molar-refractivity contribution < 1.29 is 19.8 Å². The largest absolute Gasteiger partial charge is 0.477 e. The average Bonchev–Trinajstić information content (AvgIpc) is 2.61. The first-order valence-corrected chi connectivity index (χ1v) is 4.53. The quantitative estimate of drug-likeness (QED) is 0.698. The molecule has 0 aliphatic heterocycles. The number of hydrogen-bond acceptors (Lipinski definition) is 3. The average molecular weight is 212 g/mol. The van der Waals surface area contributed by atoms with Crippen molar-refractivity contribution in [3.8, 4) is 0 Å². The minimum Gasteiger partial charge on any atom is -0.477 e. The summed E-state index contributed by atoms with van der Waals surface area (Å²) in [4.78, 5) is 27.7. The van der Waals surface area contributed by atoms with Gasteiger partial charge >= 0.3 is 11.9 Å². The van der Waals surface area contributed by atoms with E-state index in [2.05, 4.69) is 9.97 Å². The van der Waals surface area contributed by atoms with E-state index < -0.39 is 17.6 Å². The predicted molar refractivity (Wildman–Crippen MR) is 51.2 cm³/mol.